The maximum atomic E-state index is 11.8. The van der Waals surface area contributed by atoms with E-state index in [-0.39, 0.29) is 12.5 Å². The molecule has 0 unspecified atom stereocenters. The Morgan fingerprint density at radius 1 is 1.12 bits per heavy atom. The maximum Gasteiger partial charge on any atom is 0.243 e. The molecule has 0 spiro atoms. The van der Waals surface area contributed by atoms with E-state index < -0.39 is 0 Å². The molecule has 0 aliphatic carbocycles. The molecule has 0 heterocycles. The van der Waals surface area contributed by atoms with Crippen LogP contribution >= 0.6 is 0 Å². The summed E-state index contributed by atoms with van der Waals surface area (Å²) in [6, 6.07) is 17.1. The van der Waals surface area contributed by atoms with Crippen LogP contribution in [-0.2, 0) is 11.2 Å². The highest BCUT2D eigenvalue weighted by Crippen LogP contribution is 2.13. The minimum Gasteiger partial charge on any atom is -0.497 e. The first-order chi connectivity index (χ1) is 12.7. The lowest BCUT2D eigenvalue weighted by molar-refractivity contribution is -0.116. The van der Waals surface area contributed by atoms with Crippen LogP contribution < -0.4 is 14.8 Å². The van der Waals surface area contributed by atoms with Crippen molar-refractivity contribution >= 4 is 12.0 Å². The number of hydrogen-bond acceptors (Lipinski definition) is 4. The van der Waals surface area contributed by atoms with Crippen molar-refractivity contribution in [2.45, 2.75) is 12.8 Å². The number of benzene rings is 2. The quantitative estimate of drug-likeness (QED) is 0.556. The first kappa shape index (κ1) is 19.1. The van der Waals surface area contributed by atoms with Crippen molar-refractivity contribution in [2.75, 3.05) is 20.3 Å². The summed E-state index contributed by atoms with van der Waals surface area (Å²) in [5.74, 6) is 1.35. The molecular formula is C21H22N2O3. The first-order valence-corrected chi connectivity index (χ1v) is 8.40. The summed E-state index contributed by atoms with van der Waals surface area (Å²) < 4.78 is 10.3. The number of ether oxygens (including phenoxy) is 2. The topological polar surface area (TPSA) is 71.3 Å². The van der Waals surface area contributed by atoms with Crippen molar-refractivity contribution in [2.24, 2.45) is 0 Å². The fraction of sp³-hybridized carbons (Fsp3) is 0.238. The Labute approximate surface area is 153 Å². The molecule has 0 saturated carbocycles. The fourth-order valence-corrected chi connectivity index (χ4v) is 2.32. The Hall–Kier alpha value is -3.26. The van der Waals surface area contributed by atoms with E-state index in [9.17, 15) is 4.79 Å². The van der Waals surface area contributed by atoms with Crippen LogP contribution in [-0.4, -0.2) is 26.2 Å². The summed E-state index contributed by atoms with van der Waals surface area (Å²) >= 11 is 0. The molecule has 0 radical (unpaired) electrons. The van der Waals surface area contributed by atoms with Crippen molar-refractivity contribution in [3.63, 3.8) is 0 Å². The summed E-state index contributed by atoms with van der Waals surface area (Å²) in [6.07, 6.45) is 5.03. The Kier molecular flexibility index (Phi) is 7.75. The Balaban J connectivity index is 1.69. The van der Waals surface area contributed by atoms with E-state index >= 15 is 0 Å². The van der Waals surface area contributed by atoms with E-state index in [0.717, 1.165) is 24.2 Å². The number of nitrogens with zero attached hydrogens (tertiary/aromatic N) is 1. The van der Waals surface area contributed by atoms with E-state index in [0.29, 0.717) is 12.3 Å². The van der Waals surface area contributed by atoms with Crippen molar-refractivity contribution in [1.29, 1.82) is 5.26 Å². The highest BCUT2D eigenvalue weighted by Gasteiger charge is 1.98. The average Bonchev–Trinajstić information content (AvgIpc) is 2.69. The molecule has 0 fully saturated rings. The molecule has 26 heavy (non-hydrogen) atoms. The van der Waals surface area contributed by atoms with Gasteiger partial charge in [-0.05, 0) is 54.3 Å². The monoisotopic (exact) mass is 350 g/mol. The zero-order chi connectivity index (χ0) is 18.6. The lowest BCUT2D eigenvalue weighted by atomic mass is 10.1. The molecular weight excluding hydrogens is 328 g/mol. The van der Waals surface area contributed by atoms with Gasteiger partial charge in [-0.25, -0.2) is 0 Å². The SMILES string of the molecule is COc1ccc(CCCNC(=O)/C=C/c2ccc(OCC#N)cc2)cc1. The van der Waals surface area contributed by atoms with Gasteiger partial charge in [0.1, 0.15) is 17.6 Å². The number of carbonyl (C=O) groups is 1. The van der Waals surface area contributed by atoms with Crippen LogP contribution in [0, 0.1) is 11.3 Å². The first-order valence-electron chi connectivity index (χ1n) is 8.40. The molecule has 0 bridgehead atoms. The Morgan fingerprint density at radius 3 is 2.46 bits per heavy atom. The zero-order valence-corrected chi connectivity index (χ0v) is 14.8. The number of aryl methyl sites for hydroxylation is 1. The standard InChI is InChI=1S/C21H22N2O3/c1-25-19-9-4-17(5-10-19)3-2-15-23-21(24)13-8-18-6-11-20(12-7-18)26-16-14-22/h4-13H,2-3,15-16H2,1H3,(H,23,24)/b13-8+. The van der Waals surface area contributed by atoms with Gasteiger partial charge < -0.3 is 14.8 Å². The molecule has 0 aliphatic heterocycles. The fourth-order valence-electron chi connectivity index (χ4n) is 2.32. The second kappa shape index (κ2) is 10.6. The van der Waals surface area contributed by atoms with E-state index in [2.05, 4.69) is 5.32 Å². The molecule has 0 aliphatic rings. The highest BCUT2D eigenvalue weighted by atomic mass is 16.5. The Morgan fingerprint density at radius 2 is 1.81 bits per heavy atom. The molecule has 2 aromatic rings. The molecule has 0 atom stereocenters. The number of hydrogen-bond donors (Lipinski definition) is 1. The lowest BCUT2D eigenvalue weighted by Gasteiger charge is -2.04. The summed E-state index contributed by atoms with van der Waals surface area (Å²) in [5.41, 5.74) is 2.11. The van der Waals surface area contributed by atoms with Crippen LogP contribution in [0.3, 0.4) is 0 Å². The minimum atomic E-state index is -0.121. The van der Waals surface area contributed by atoms with Crippen LogP contribution in [0.5, 0.6) is 11.5 Å². The molecule has 5 nitrogen and oxygen atoms in total. The number of amides is 1. The van der Waals surface area contributed by atoms with Crippen LogP contribution in [0.2, 0.25) is 0 Å². The van der Waals surface area contributed by atoms with Crippen molar-refractivity contribution in [3.8, 4) is 17.6 Å². The van der Waals surface area contributed by atoms with Gasteiger partial charge in [-0.3, -0.25) is 4.79 Å². The Bertz CT molecular complexity index is 759. The molecule has 1 amide bonds. The molecule has 2 rings (SSSR count). The van der Waals surface area contributed by atoms with Gasteiger partial charge in [0.25, 0.3) is 0 Å². The van der Waals surface area contributed by atoms with Crippen LogP contribution in [0.4, 0.5) is 0 Å². The maximum absolute atomic E-state index is 11.8. The predicted molar refractivity (Wildman–Crippen MR) is 101 cm³/mol. The van der Waals surface area contributed by atoms with Crippen molar-refractivity contribution < 1.29 is 14.3 Å². The number of nitrogens with one attached hydrogen (secondary N) is 1. The van der Waals surface area contributed by atoms with Crippen LogP contribution in [0.15, 0.2) is 54.6 Å². The molecule has 2 aromatic carbocycles. The molecule has 134 valence electrons. The number of carbonyl (C=O) groups excluding carboxylic acids is 1. The van der Waals surface area contributed by atoms with Gasteiger partial charge >= 0.3 is 0 Å². The second-order valence-corrected chi connectivity index (χ2v) is 5.59. The third-order valence-corrected chi connectivity index (χ3v) is 3.71. The van der Waals surface area contributed by atoms with Gasteiger partial charge in [0.15, 0.2) is 6.61 Å². The van der Waals surface area contributed by atoms with Gasteiger partial charge in [0.05, 0.1) is 7.11 Å². The van der Waals surface area contributed by atoms with Crippen molar-refractivity contribution in [1.82, 2.24) is 5.32 Å². The normalized spacial score (nSPS) is 10.3. The number of rotatable bonds is 9. The van der Waals surface area contributed by atoms with Gasteiger partial charge in [-0.15, -0.1) is 0 Å². The lowest BCUT2D eigenvalue weighted by Crippen LogP contribution is -2.22. The highest BCUT2D eigenvalue weighted by molar-refractivity contribution is 5.91. The van der Waals surface area contributed by atoms with Crippen LogP contribution in [0.25, 0.3) is 6.08 Å². The van der Waals surface area contributed by atoms with E-state index in [1.807, 2.05) is 42.5 Å². The summed E-state index contributed by atoms with van der Waals surface area (Å²) in [4.78, 5) is 11.8. The van der Waals surface area contributed by atoms with E-state index in [1.165, 1.54) is 11.6 Å². The van der Waals surface area contributed by atoms with Crippen LogP contribution in [0.1, 0.15) is 17.5 Å². The van der Waals surface area contributed by atoms with E-state index in [1.54, 1.807) is 25.3 Å². The predicted octanol–water partition coefficient (Wildman–Crippen LogP) is 3.36. The molecule has 5 heteroatoms. The van der Waals surface area contributed by atoms with E-state index in [4.69, 9.17) is 14.7 Å². The zero-order valence-electron chi connectivity index (χ0n) is 14.8. The summed E-state index contributed by atoms with van der Waals surface area (Å²) in [7, 11) is 1.65. The van der Waals surface area contributed by atoms with Gasteiger partial charge in [0, 0.05) is 12.6 Å². The third kappa shape index (κ3) is 6.70. The largest absolute Gasteiger partial charge is 0.497 e. The average molecular weight is 350 g/mol. The second-order valence-electron chi connectivity index (χ2n) is 5.59. The molecule has 0 saturated heterocycles. The van der Waals surface area contributed by atoms with Gasteiger partial charge in [-0.1, -0.05) is 24.3 Å². The molecule has 1 N–H and O–H groups in total. The summed E-state index contributed by atoms with van der Waals surface area (Å²) in [5, 5.41) is 11.3. The smallest absolute Gasteiger partial charge is 0.243 e. The third-order valence-electron chi connectivity index (χ3n) is 3.71. The minimum absolute atomic E-state index is 0.0219. The number of nitriles is 1. The van der Waals surface area contributed by atoms with Gasteiger partial charge in [0.2, 0.25) is 5.91 Å². The summed E-state index contributed by atoms with van der Waals surface area (Å²) in [6.45, 7) is 0.643. The van der Waals surface area contributed by atoms with Crippen molar-refractivity contribution in [3.05, 3.63) is 65.7 Å². The van der Waals surface area contributed by atoms with Gasteiger partial charge in [-0.2, -0.15) is 5.26 Å². The molecule has 0 aromatic heterocycles. The number of methoxy groups -OCH3 is 1.